The van der Waals surface area contributed by atoms with Gasteiger partial charge >= 0.3 is 17.9 Å². The first-order valence-electron chi connectivity index (χ1n) is 23.5. The Morgan fingerprint density at radius 1 is 0.382 bits per heavy atom. The maximum atomic E-state index is 12.7. The fourth-order valence-electron chi connectivity index (χ4n) is 6.63. The van der Waals surface area contributed by atoms with E-state index in [9.17, 15) is 14.4 Å². The molecule has 0 aromatic heterocycles. The number of rotatable bonds is 42. The molecule has 0 radical (unpaired) electrons. The van der Waals surface area contributed by atoms with Gasteiger partial charge in [0.1, 0.15) is 13.2 Å². The van der Waals surface area contributed by atoms with Crippen molar-refractivity contribution < 1.29 is 28.6 Å². The van der Waals surface area contributed by atoms with Crippen molar-refractivity contribution >= 4 is 17.9 Å². The second kappa shape index (κ2) is 44.3. The first kappa shape index (κ1) is 52.6. The molecule has 0 saturated heterocycles. The fraction of sp³-hybridized carbons (Fsp3) is 0.816. The Morgan fingerprint density at radius 3 is 1.11 bits per heavy atom. The topological polar surface area (TPSA) is 78.9 Å². The normalized spacial score (nSPS) is 12.3. The number of ether oxygens (including phenoxy) is 3. The molecule has 0 bridgehead atoms. The molecule has 0 saturated carbocycles. The van der Waals surface area contributed by atoms with E-state index in [2.05, 4.69) is 57.2 Å². The summed E-state index contributed by atoms with van der Waals surface area (Å²) < 4.78 is 16.7. The highest BCUT2D eigenvalue weighted by atomic mass is 16.6. The van der Waals surface area contributed by atoms with Crippen LogP contribution in [0.2, 0.25) is 0 Å². The van der Waals surface area contributed by atoms with Crippen molar-refractivity contribution in [2.75, 3.05) is 13.2 Å². The fourth-order valence-corrected chi connectivity index (χ4v) is 6.63. The van der Waals surface area contributed by atoms with E-state index in [1.165, 1.54) is 116 Å². The van der Waals surface area contributed by atoms with Crippen molar-refractivity contribution in [3.8, 4) is 0 Å². The predicted molar refractivity (Wildman–Crippen MR) is 233 cm³/mol. The molecule has 0 heterocycles. The van der Waals surface area contributed by atoms with Crippen molar-refractivity contribution in [1.82, 2.24) is 0 Å². The molecule has 55 heavy (non-hydrogen) atoms. The van der Waals surface area contributed by atoms with Crippen LogP contribution in [0.15, 0.2) is 36.5 Å². The summed E-state index contributed by atoms with van der Waals surface area (Å²) in [6.45, 7) is 6.49. The van der Waals surface area contributed by atoms with Crippen LogP contribution in [0, 0.1) is 0 Å². The number of carbonyl (C=O) groups excluding carboxylic acids is 3. The Labute approximate surface area is 340 Å². The lowest BCUT2D eigenvalue weighted by Gasteiger charge is -2.18. The van der Waals surface area contributed by atoms with Gasteiger partial charge in [0, 0.05) is 19.3 Å². The number of esters is 3. The number of carbonyl (C=O) groups is 3. The molecule has 0 aromatic rings. The molecule has 6 nitrogen and oxygen atoms in total. The molecule has 1 unspecified atom stereocenters. The lowest BCUT2D eigenvalue weighted by Crippen LogP contribution is -2.30. The number of allylic oxidation sites excluding steroid dienone is 6. The molecule has 0 aliphatic heterocycles. The van der Waals surface area contributed by atoms with Crippen molar-refractivity contribution in [1.29, 1.82) is 0 Å². The molecule has 0 fully saturated rings. The van der Waals surface area contributed by atoms with Gasteiger partial charge < -0.3 is 14.2 Å². The van der Waals surface area contributed by atoms with Gasteiger partial charge in [0.2, 0.25) is 0 Å². The van der Waals surface area contributed by atoms with Gasteiger partial charge in [0.25, 0.3) is 0 Å². The van der Waals surface area contributed by atoms with Gasteiger partial charge in [-0.2, -0.15) is 0 Å². The molecule has 0 amide bonds. The zero-order chi connectivity index (χ0) is 40.1. The number of hydrogen-bond donors (Lipinski definition) is 0. The zero-order valence-corrected chi connectivity index (χ0v) is 36.4. The zero-order valence-electron chi connectivity index (χ0n) is 36.4. The van der Waals surface area contributed by atoms with Gasteiger partial charge in [-0.1, -0.05) is 205 Å². The first-order chi connectivity index (χ1) is 27.0. The summed E-state index contributed by atoms with van der Waals surface area (Å²) in [7, 11) is 0. The average molecular weight is 773 g/mol. The molecule has 0 aliphatic rings. The van der Waals surface area contributed by atoms with Crippen LogP contribution in [0.5, 0.6) is 0 Å². The Bertz CT molecular complexity index is 938. The summed E-state index contributed by atoms with van der Waals surface area (Å²) in [5.41, 5.74) is 0. The van der Waals surface area contributed by atoms with Crippen LogP contribution in [0.4, 0.5) is 0 Å². The third-order valence-corrected chi connectivity index (χ3v) is 10.2. The van der Waals surface area contributed by atoms with Gasteiger partial charge in [0.05, 0.1) is 0 Å². The summed E-state index contributed by atoms with van der Waals surface area (Å²) in [6, 6.07) is 0. The van der Waals surface area contributed by atoms with Crippen molar-refractivity contribution in [3.05, 3.63) is 36.5 Å². The van der Waals surface area contributed by atoms with E-state index >= 15 is 0 Å². The van der Waals surface area contributed by atoms with Crippen LogP contribution in [0.3, 0.4) is 0 Å². The quantitative estimate of drug-likeness (QED) is 0.0266. The van der Waals surface area contributed by atoms with Gasteiger partial charge in [-0.05, 0) is 51.4 Å². The summed E-state index contributed by atoms with van der Waals surface area (Å²) in [5.74, 6) is -0.906. The van der Waals surface area contributed by atoms with Crippen molar-refractivity contribution in [2.45, 2.75) is 245 Å². The minimum absolute atomic E-state index is 0.0805. The van der Waals surface area contributed by atoms with Crippen LogP contribution >= 0.6 is 0 Å². The second-order valence-corrected chi connectivity index (χ2v) is 15.6. The molecule has 1 atom stereocenters. The molecule has 0 N–H and O–H groups in total. The first-order valence-corrected chi connectivity index (χ1v) is 23.5. The lowest BCUT2D eigenvalue weighted by atomic mass is 10.0. The van der Waals surface area contributed by atoms with Crippen molar-refractivity contribution in [2.24, 2.45) is 0 Å². The Balaban J connectivity index is 4.38. The molecule has 0 aromatic carbocycles. The molecular weight excluding hydrogens is 685 g/mol. The molecular formula is C49H88O6. The van der Waals surface area contributed by atoms with Gasteiger partial charge in [-0.15, -0.1) is 0 Å². The molecule has 0 rings (SSSR count). The van der Waals surface area contributed by atoms with E-state index in [1.807, 2.05) is 0 Å². The number of unbranched alkanes of at least 4 members (excludes halogenated alkanes) is 25. The highest BCUT2D eigenvalue weighted by molar-refractivity contribution is 5.71. The lowest BCUT2D eigenvalue weighted by molar-refractivity contribution is -0.167. The monoisotopic (exact) mass is 773 g/mol. The standard InChI is InChI=1S/C49H88O6/c1-4-7-10-13-16-19-22-24-26-27-30-33-36-39-42-48(51)54-45-46(44-53-47(50)41-38-35-32-29-21-18-15-12-9-6-3)55-49(52)43-40-37-34-31-28-25-23-20-17-14-11-8-5-2/h8,11,17,20,25,28,46H,4-7,9-10,12-16,18-19,21-24,26-27,29-45H2,1-3H3/b11-8-,20-17-,28-25-. The average Bonchev–Trinajstić information content (AvgIpc) is 3.18. The molecule has 6 heteroatoms. The Kier molecular flexibility index (Phi) is 42.4. The summed E-state index contributed by atoms with van der Waals surface area (Å²) in [4.78, 5) is 37.7. The van der Waals surface area contributed by atoms with E-state index in [1.54, 1.807) is 0 Å². The minimum Gasteiger partial charge on any atom is -0.462 e. The van der Waals surface area contributed by atoms with Crippen LogP contribution in [-0.4, -0.2) is 37.2 Å². The minimum atomic E-state index is -0.780. The maximum Gasteiger partial charge on any atom is 0.306 e. The van der Waals surface area contributed by atoms with Crippen molar-refractivity contribution in [3.63, 3.8) is 0 Å². The van der Waals surface area contributed by atoms with Crippen LogP contribution in [-0.2, 0) is 28.6 Å². The predicted octanol–water partition coefficient (Wildman–Crippen LogP) is 15.0. The molecule has 320 valence electrons. The SMILES string of the molecule is CC/C=C\C/C=C\C/C=C\CCCCCC(=O)OC(COC(=O)CCCCCCCCCCCC)COC(=O)CCCCCCCCCCCCCCCC. The summed E-state index contributed by atoms with van der Waals surface area (Å²) in [6.07, 6.45) is 49.8. The highest BCUT2D eigenvalue weighted by Gasteiger charge is 2.19. The van der Waals surface area contributed by atoms with E-state index in [0.717, 1.165) is 83.5 Å². The van der Waals surface area contributed by atoms with Gasteiger partial charge in [-0.3, -0.25) is 14.4 Å². The molecule has 0 spiro atoms. The smallest absolute Gasteiger partial charge is 0.306 e. The second-order valence-electron chi connectivity index (χ2n) is 15.6. The van der Waals surface area contributed by atoms with Gasteiger partial charge in [-0.25, -0.2) is 0 Å². The highest BCUT2D eigenvalue weighted by Crippen LogP contribution is 2.15. The third-order valence-electron chi connectivity index (χ3n) is 10.2. The molecule has 0 aliphatic carbocycles. The van der Waals surface area contributed by atoms with E-state index < -0.39 is 6.10 Å². The van der Waals surface area contributed by atoms with Crippen LogP contribution < -0.4 is 0 Å². The van der Waals surface area contributed by atoms with E-state index in [4.69, 9.17) is 14.2 Å². The third kappa shape index (κ3) is 42.6. The largest absolute Gasteiger partial charge is 0.462 e. The van der Waals surface area contributed by atoms with Crippen LogP contribution in [0.1, 0.15) is 239 Å². The van der Waals surface area contributed by atoms with E-state index in [-0.39, 0.29) is 31.1 Å². The summed E-state index contributed by atoms with van der Waals surface area (Å²) in [5, 5.41) is 0. The van der Waals surface area contributed by atoms with Gasteiger partial charge in [0.15, 0.2) is 6.10 Å². The number of hydrogen-bond acceptors (Lipinski definition) is 6. The Morgan fingerprint density at radius 2 is 0.709 bits per heavy atom. The van der Waals surface area contributed by atoms with E-state index in [0.29, 0.717) is 19.3 Å². The Hall–Kier alpha value is -2.37. The van der Waals surface area contributed by atoms with Crippen LogP contribution in [0.25, 0.3) is 0 Å². The summed E-state index contributed by atoms with van der Waals surface area (Å²) >= 11 is 0. The maximum absolute atomic E-state index is 12.7.